The van der Waals surface area contributed by atoms with E-state index >= 15 is 0 Å². The Balaban J connectivity index is 0.00000334. The van der Waals surface area contributed by atoms with Crippen LogP contribution in [0, 0.1) is 22.6 Å². The van der Waals surface area contributed by atoms with Crippen molar-refractivity contribution in [3.63, 3.8) is 0 Å². The lowest BCUT2D eigenvalue weighted by molar-refractivity contribution is -0.143. The molecule has 0 aliphatic carbocycles. The molecule has 0 fully saturated rings. The highest BCUT2D eigenvalue weighted by Gasteiger charge is 2.28. The summed E-state index contributed by atoms with van der Waals surface area (Å²) in [6.07, 6.45) is 0.766. The topological polar surface area (TPSA) is 78.6 Å². The van der Waals surface area contributed by atoms with Gasteiger partial charge in [0.15, 0.2) is 5.78 Å². The van der Waals surface area contributed by atoms with Crippen LogP contribution >= 0.6 is 11.8 Å². The van der Waals surface area contributed by atoms with E-state index in [2.05, 4.69) is 27.7 Å². The Kier molecular flexibility index (Phi) is 14.1. The Hall–Kier alpha value is -2.22. The van der Waals surface area contributed by atoms with E-state index in [1.807, 2.05) is 26.0 Å². The minimum absolute atomic E-state index is 0.0276. The number of carbonyl (C=O) groups excluding carboxylic acids is 2. The van der Waals surface area contributed by atoms with E-state index in [9.17, 15) is 14.0 Å². The maximum absolute atomic E-state index is 13.1. The molecule has 2 aromatic rings. The number of rotatable bonds is 14. The number of Topliss-reactive ketones (excluding diaryl/α,β-unsaturated/α-hetero) is 1. The zero-order valence-corrected chi connectivity index (χ0v) is 24.3. The molecular weight excluding hydrogens is 489 g/mol. The first-order valence-electron chi connectivity index (χ1n) is 12.8. The number of esters is 1. The number of nitrogens with two attached hydrogens (primary N) is 1. The highest BCUT2D eigenvalue weighted by atomic mass is 32.2. The second-order valence-corrected chi connectivity index (χ2v) is 11.5. The summed E-state index contributed by atoms with van der Waals surface area (Å²) in [6, 6.07) is 13.4. The van der Waals surface area contributed by atoms with Gasteiger partial charge in [-0.1, -0.05) is 65.8 Å². The minimum Gasteiger partial charge on any atom is -0.468 e. The Morgan fingerprint density at radius 2 is 1.51 bits per heavy atom. The second-order valence-electron chi connectivity index (χ2n) is 10.4. The van der Waals surface area contributed by atoms with Crippen LogP contribution in [-0.2, 0) is 20.7 Å². The molecule has 0 bridgehead atoms. The molecule has 5 nitrogen and oxygen atoms in total. The summed E-state index contributed by atoms with van der Waals surface area (Å²) >= 11 is 1.70. The maximum atomic E-state index is 13.1. The number of hydrogen-bond acceptors (Lipinski definition) is 6. The maximum Gasteiger partial charge on any atom is 0.316 e. The average Bonchev–Trinajstić information content (AvgIpc) is 2.89. The monoisotopic (exact) mass is 533 g/mol. The summed E-state index contributed by atoms with van der Waals surface area (Å²) < 4.78 is 23.9. The molecule has 0 aliphatic heterocycles. The molecule has 206 valence electrons. The van der Waals surface area contributed by atoms with Crippen molar-refractivity contribution in [3.8, 4) is 0 Å². The van der Waals surface area contributed by atoms with Crippen LogP contribution in [0.15, 0.2) is 53.4 Å². The molecule has 2 aromatic carbocycles. The van der Waals surface area contributed by atoms with Crippen molar-refractivity contribution < 1.29 is 23.5 Å². The molecule has 0 radical (unpaired) electrons. The van der Waals surface area contributed by atoms with E-state index in [0.29, 0.717) is 38.2 Å². The lowest BCUT2D eigenvalue weighted by atomic mass is 9.91. The predicted octanol–water partition coefficient (Wildman–Crippen LogP) is 6.58. The van der Waals surface area contributed by atoms with Crippen molar-refractivity contribution in [2.45, 2.75) is 59.3 Å². The van der Waals surface area contributed by atoms with Gasteiger partial charge in [0.1, 0.15) is 11.7 Å². The molecule has 1 atom stereocenters. The van der Waals surface area contributed by atoms with Crippen molar-refractivity contribution in [1.82, 2.24) is 0 Å². The highest BCUT2D eigenvalue weighted by molar-refractivity contribution is 7.99. The van der Waals surface area contributed by atoms with Crippen LogP contribution in [0.3, 0.4) is 0 Å². The number of ether oxygens (including phenoxy) is 2. The van der Waals surface area contributed by atoms with Gasteiger partial charge in [0.25, 0.3) is 0 Å². The van der Waals surface area contributed by atoms with Crippen LogP contribution in [0.2, 0.25) is 0 Å². The number of thioether (sulfide) groups is 1. The van der Waals surface area contributed by atoms with E-state index in [4.69, 9.17) is 15.2 Å². The Bertz CT molecular complexity index is 959. The van der Waals surface area contributed by atoms with E-state index in [0.717, 1.165) is 16.2 Å². The molecule has 7 heteroatoms. The first-order chi connectivity index (χ1) is 17.5. The first-order valence-corrected chi connectivity index (χ1v) is 13.8. The van der Waals surface area contributed by atoms with Gasteiger partial charge in [-0.2, -0.15) is 0 Å². The van der Waals surface area contributed by atoms with Crippen LogP contribution in [0.25, 0.3) is 0 Å². The lowest BCUT2D eigenvalue weighted by Crippen LogP contribution is -2.31. The van der Waals surface area contributed by atoms with Crippen molar-refractivity contribution in [1.29, 1.82) is 0 Å². The standard InChI is InChI=1S/C28H38FNO4S.C2H6/c1-27(2,16-30)17-34-18-28(3,4)19-35-23-13-9-21(10-14-23)25(31)24(26(32)33-5)15-8-20-6-11-22(29)12-7-20;1-2/h6-7,9-14,24H,8,15-19,30H2,1-5H3;1-2H3. The summed E-state index contributed by atoms with van der Waals surface area (Å²) in [7, 11) is 1.28. The number of halogens is 1. The fourth-order valence-electron chi connectivity index (χ4n) is 3.36. The van der Waals surface area contributed by atoms with Crippen LogP contribution in [0.1, 0.15) is 63.9 Å². The third-order valence-corrected chi connectivity index (χ3v) is 7.28. The molecule has 0 saturated heterocycles. The van der Waals surface area contributed by atoms with Gasteiger partial charge in [0.2, 0.25) is 0 Å². The van der Waals surface area contributed by atoms with Gasteiger partial charge in [-0.25, -0.2) is 4.39 Å². The molecule has 2 N–H and O–H groups in total. The number of methoxy groups -OCH3 is 1. The van der Waals surface area contributed by atoms with Gasteiger partial charge in [-0.15, -0.1) is 11.8 Å². The normalized spacial score (nSPS) is 12.4. The molecule has 0 saturated carbocycles. The molecule has 37 heavy (non-hydrogen) atoms. The van der Waals surface area contributed by atoms with Gasteiger partial charge in [-0.05, 0) is 54.6 Å². The van der Waals surface area contributed by atoms with Gasteiger partial charge >= 0.3 is 5.97 Å². The van der Waals surface area contributed by atoms with Crippen LogP contribution in [0.5, 0.6) is 0 Å². The summed E-state index contributed by atoms with van der Waals surface area (Å²) in [4.78, 5) is 26.4. The minimum atomic E-state index is -0.905. The van der Waals surface area contributed by atoms with Crippen molar-refractivity contribution in [2.75, 3.05) is 32.6 Å². The summed E-state index contributed by atoms with van der Waals surface area (Å²) in [5.74, 6) is -1.20. The summed E-state index contributed by atoms with van der Waals surface area (Å²) in [6.45, 7) is 14.3. The molecule has 0 spiro atoms. The summed E-state index contributed by atoms with van der Waals surface area (Å²) in [5.41, 5.74) is 7.03. The zero-order chi connectivity index (χ0) is 28.1. The SMILES string of the molecule is CC.COC(=O)C(CCc1ccc(F)cc1)C(=O)c1ccc(SCC(C)(C)COCC(C)(C)CN)cc1. The highest BCUT2D eigenvalue weighted by Crippen LogP contribution is 2.29. The van der Waals surface area contributed by atoms with E-state index < -0.39 is 11.9 Å². The van der Waals surface area contributed by atoms with Crippen molar-refractivity contribution in [2.24, 2.45) is 22.5 Å². The Morgan fingerprint density at radius 1 is 0.946 bits per heavy atom. The lowest BCUT2D eigenvalue weighted by Gasteiger charge is -2.28. The molecule has 0 aliphatic rings. The molecule has 0 aromatic heterocycles. The molecular formula is C30H44FNO4S. The average molecular weight is 534 g/mol. The molecule has 0 amide bonds. The molecule has 1 unspecified atom stereocenters. The fourth-order valence-corrected chi connectivity index (χ4v) is 4.33. The zero-order valence-electron chi connectivity index (χ0n) is 23.4. The number of benzene rings is 2. The van der Waals surface area contributed by atoms with Gasteiger partial charge in [0, 0.05) is 21.6 Å². The largest absolute Gasteiger partial charge is 0.468 e. The predicted molar refractivity (Wildman–Crippen MR) is 151 cm³/mol. The third kappa shape index (κ3) is 11.8. The van der Waals surface area contributed by atoms with Crippen LogP contribution in [0.4, 0.5) is 4.39 Å². The van der Waals surface area contributed by atoms with Crippen LogP contribution < -0.4 is 5.73 Å². The Labute approximate surface area is 226 Å². The van der Waals surface area contributed by atoms with E-state index in [1.165, 1.54) is 19.2 Å². The number of carbonyl (C=O) groups is 2. The fraction of sp³-hybridized carbons (Fsp3) is 0.533. The van der Waals surface area contributed by atoms with Crippen molar-refractivity contribution >= 4 is 23.5 Å². The number of aryl methyl sites for hydroxylation is 1. The van der Waals surface area contributed by atoms with Gasteiger partial charge < -0.3 is 15.2 Å². The molecule has 0 heterocycles. The van der Waals surface area contributed by atoms with E-state index in [1.54, 1.807) is 36.0 Å². The number of hydrogen-bond donors (Lipinski definition) is 1. The third-order valence-electron chi connectivity index (χ3n) is 5.74. The number of ketones is 1. The van der Waals surface area contributed by atoms with Gasteiger partial charge in [-0.3, -0.25) is 9.59 Å². The summed E-state index contributed by atoms with van der Waals surface area (Å²) in [5, 5.41) is 0. The Morgan fingerprint density at radius 3 is 2.05 bits per heavy atom. The van der Waals surface area contributed by atoms with E-state index in [-0.39, 0.29) is 22.4 Å². The van der Waals surface area contributed by atoms with Crippen molar-refractivity contribution in [3.05, 3.63) is 65.5 Å². The molecule has 2 rings (SSSR count). The van der Waals surface area contributed by atoms with Crippen LogP contribution in [-0.4, -0.2) is 44.4 Å². The second kappa shape index (κ2) is 15.9. The quantitative estimate of drug-likeness (QED) is 0.128. The van der Waals surface area contributed by atoms with Gasteiger partial charge in [0.05, 0.1) is 20.3 Å². The first kappa shape index (κ1) is 32.8. The smallest absolute Gasteiger partial charge is 0.316 e.